The van der Waals surface area contributed by atoms with E-state index in [-0.39, 0.29) is 0 Å². The highest BCUT2D eigenvalue weighted by atomic mass is 16.5. The molecule has 0 spiro atoms. The predicted molar refractivity (Wildman–Crippen MR) is 80.9 cm³/mol. The Bertz CT molecular complexity index is 419. The Hall–Kier alpha value is -1.40. The molecule has 0 aromatic carbocycles. The zero-order valence-electron chi connectivity index (χ0n) is 12.7. The number of rotatable bonds is 5. The van der Waals surface area contributed by atoms with Crippen LogP contribution in [-0.4, -0.2) is 60.3 Å². The highest BCUT2D eigenvalue weighted by Crippen LogP contribution is 2.18. The minimum absolute atomic E-state index is 0.353. The van der Waals surface area contributed by atoms with Gasteiger partial charge in [0.15, 0.2) is 0 Å². The molecule has 1 aromatic rings. The van der Waals surface area contributed by atoms with Crippen molar-refractivity contribution in [3.05, 3.63) is 11.8 Å². The van der Waals surface area contributed by atoms with Crippen molar-refractivity contribution in [2.24, 2.45) is 0 Å². The fraction of sp³-hybridized carbons (Fsp3) is 0.714. The molecule has 20 heavy (non-hydrogen) atoms. The number of ether oxygens (including phenoxy) is 1. The van der Waals surface area contributed by atoms with E-state index in [4.69, 9.17) is 10.5 Å². The Morgan fingerprint density at radius 3 is 2.85 bits per heavy atom. The van der Waals surface area contributed by atoms with Gasteiger partial charge in [-0.3, -0.25) is 4.90 Å². The SMILES string of the molecule is CCOCCN1CCN(c2cc(C)nc(N)n2)CC1C. The molecule has 2 rings (SSSR count). The predicted octanol–water partition coefficient (Wildman–Crippen LogP) is 0.914. The molecule has 2 heterocycles. The topological polar surface area (TPSA) is 67.5 Å². The molecule has 0 amide bonds. The van der Waals surface area contributed by atoms with Crippen molar-refractivity contribution in [1.82, 2.24) is 14.9 Å². The van der Waals surface area contributed by atoms with Gasteiger partial charge in [0.25, 0.3) is 0 Å². The number of nitrogen functional groups attached to an aromatic ring is 1. The van der Waals surface area contributed by atoms with Crippen LogP contribution in [0, 0.1) is 6.92 Å². The van der Waals surface area contributed by atoms with Crippen LogP contribution in [0.25, 0.3) is 0 Å². The van der Waals surface area contributed by atoms with Crippen LogP contribution < -0.4 is 10.6 Å². The van der Waals surface area contributed by atoms with Gasteiger partial charge in [-0.1, -0.05) is 0 Å². The van der Waals surface area contributed by atoms with Gasteiger partial charge in [-0.2, -0.15) is 4.98 Å². The Kier molecular flexibility index (Phi) is 5.14. The molecule has 0 saturated carbocycles. The standard InChI is InChI=1S/C14H25N5O/c1-4-20-8-7-18-5-6-19(10-12(18)3)13-9-11(2)16-14(15)17-13/h9,12H,4-8,10H2,1-3H3,(H2,15,16,17). The zero-order chi connectivity index (χ0) is 14.5. The maximum absolute atomic E-state index is 5.73. The molecule has 6 heteroatoms. The van der Waals surface area contributed by atoms with Crippen molar-refractivity contribution in [2.75, 3.05) is 50.0 Å². The van der Waals surface area contributed by atoms with E-state index in [1.807, 2.05) is 19.9 Å². The highest BCUT2D eigenvalue weighted by Gasteiger charge is 2.24. The molecule has 1 aliphatic heterocycles. The summed E-state index contributed by atoms with van der Waals surface area (Å²) in [6, 6.07) is 2.49. The van der Waals surface area contributed by atoms with Gasteiger partial charge in [0.05, 0.1) is 6.61 Å². The molecule has 2 N–H and O–H groups in total. The van der Waals surface area contributed by atoms with Gasteiger partial charge in [-0.05, 0) is 20.8 Å². The smallest absolute Gasteiger partial charge is 0.222 e. The minimum Gasteiger partial charge on any atom is -0.380 e. The van der Waals surface area contributed by atoms with Gasteiger partial charge in [0.2, 0.25) is 5.95 Å². The Morgan fingerprint density at radius 2 is 2.20 bits per heavy atom. The molecule has 1 aliphatic rings. The Balaban J connectivity index is 1.94. The number of hydrogen-bond donors (Lipinski definition) is 1. The summed E-state index contributed by atoms with van der Waals surface area (Å²) in [5.41, 5.74) is 6.65. The maximum Gasteiger partial charge on any atom is 0.222 e. The summed E-state index contributed by atoms with van der Waals surface area (Å²) in [6.07, 6.45) is 0. The normalized spacial score (nSPS) is 20.4. The van der Waals surface area contributed by atoms with Crippen LogP contribution in [0.5, 0.6) is 0 Å². The lowest BCUT2D eigenvalue weighted by Gasteiger charge is -2.40. The van der Waals surface area contributed by atoms with E-state index in [1.165, 1.54) is 0 Å². The van der Waals surface area contributed by atoms with Crippen LogP contribution >= 0.6 is 0 Å². The summed E-state index contributed by atoms with van der Waals surface area (Å²) < 4.78 is 5.44. The first-order valence-corrected chi connectivity index (χ1v) is 7.28. The van der Waals surface area contributed by atoms with E-state index in [0.29, 0.717) is 12.0 Å². The number of aryl methyl sites for hydroxylation is 1. The number of hydrogen-bond acceptors (Lipinski definition) is 6. The van der Waals surface area contributed by atoms with Crippen LogP contribution in [0.4, 0.5) is 11.8 Å². The third-order valence-corrected chi connectivity index (χ3v) is 3.67. The van der Waals surface area contributed by atoms with Crippen LogP contribution in [0.3, 0.4) is 0 Å². The molecular weight excluding hydrogens is 254 g/mol. The molecule has 1 fully saturated rings. The second-order valence-electron chi connectivity index (χ2n) is 5.25. The number of nitrogens with zero attached hydrogens (tertiary/aromatic N) is 4. The molecule has 0 aliphatic carbocycles. The highest BCUT2D eigenvalue weighted by molar-refractivity contribution is 5.44. The van der Waals surface area contributed by atoms with Crippen LogP contribution in [-0.2, 0) is 4.74 Å². The minimum atomic E-state index is 0.353. The van der Waals surface area contributed by atoms with Crippen molar-refractivity contribution in [2.45, 2.75) is 26.8 Å². The molecule has 6 nitrogen and oxygen atoms in total. The number of anilines is 2. The average Bonchev–Trinajstić information content (AvgIpc) is 2.39. The summed E-state index contributed by atoms with van der Waals surface area (Å²) in [4.78, 5) is 13.2. The van der Waals surface area contributed by atoms with Crippen molar-refractivity contribution >= 4 is 11.8 Å². The average molecular weight is 279 g/mol. The van der Waals surface area contributed by atoms with Crippen molar-refractivity contribution < 1.29 is 4.74 Å². The number of aromatic nitrogens is 2. The van der Waals surface area contributed by atoms with Crippen LogP contribution in [0.1, 0.15) is 19.5 Å². The van der Waals surface area contributed by atoms with E-state index in [0.717, 1.165) is 50.9 Å². The van der Waals surface area contributed by atoms with E-state index < -0.39 is 0 Å². The first-order chi connectivity index (χ1) is 9.60. The summed E-state index contributed by atoms with van der Waals surface area (Å²) >= 11 is 0. The number of piperazine rings is 1. The molecule has 0 radical (unpaired) electrons. The number of nitrogens with two attached hydrogens (primary N) is 1. The first kappa shape index (κ1) is 15.0. The zero-order valence-corrected chi connectivity index (χ0v) is 12.7. The summed E-state index contributed by atoms with van der Waals surface area (Å²) in [5.74, 6) is 1.29. The summed E-state index contributed by atoms with van der Waals surface area (Å²) in [7, 11) is 0. The Morgan fingerprint density at radius 1 is 1.40 bits per heavy atom. The van der Waals surface area contributed by atoms with Gasteiger partial charge >= 0.3 is 0 Å². The van der Waals surface area contributed by atoms with Gasteiger partial charge in [-0.15, -0.1) is 0 Å². The molecule has 1 atom stereocenters. The fourth-order valence-corrected chi connectivity index (χ4v) is 2.60. The van der Waals surface area contributed by atoms with E-state index in [1.54, 1.807) is 0 Å². The van der Waals surface area contributed by atoms with Crippen LogP contribution in [0.15, 0.2) is 6.07 Å². The van der Waals surface area contributed by atoms with Crippen LogP contribution in [0.2, 0.25) is 0 Å². The second kappa shape index (κ2) is 6.85. The van der Waals surface area contributed by atoms with E-state index in [2.05, 4.69) is 26.7 Å². The molecule has 0 bridgehead atoms. The van der Waals surface area contributed by atoms with Gasteiger partial charge in [-0.25, -0.2) is 4.98 Å². The lowest BCUT2D eigenvalue weighted by atomic mass is 10.2. The lowest BCUT2D eigenvalue weighted by Crippen LogP contribution is -2.53. The largest absolute Gasteiger partial charge is 0.380 e. The molecule has 1 unspecified atom stereocenters. The van der Waals surface area contributed by atoms with Crippen molar-refractivity contribution in [3.63, 3.8) is 0 Å². The summed E-state index contributed by atoms with van der Waals surface area (Å²) in [5, 5.41) is 0. The van der Waals surface area contributed by atoms with E-state index >= 15 is 0 Å². The second-order valence-corrected chi connectivity index (χ2v) is 5.25. The van der Waals surface area contributed by atoms with Gasteiger partial charge in [0.1, 0.15) is 5.82 Å². The van der Waals surface area contributed by atoms with Crippen molar-refractivity contribution in [3.8, 4) is 0 Å². The van der Waals surface area contributed by atoms with E-state index in [9.17, 15) is 0 Å². The van der Waals surface area contributed by atoms with Gasteiger partial charge in [0, 0.05) is 50.6 Å². The van der Waals surface area contributed by atoms with Gasteiger partial charge < -0.3 is 15.4 Å². The third-order valence-electron chi connectivity index (χ3n) is 3.67. The quantitative estimate of drug-likeness (QED) is 0.808. The molecule has 1 saturated heterocycles. The lowest BCUT2D eigenvalue weighted by molar-refractivity contribution is 0.0925. The summed E-state index contributed by atoms with van der Waals surface area (Å²) in [6.45, 7) is 11.8. The molecule has 112 valence electrons. The molecular formula is C14H25N5O. The molecule has 1 aromatic heterocycles. The maximum atomic E-state index is 5.73. The first-order valence-electron chi connectivity index (χ1n) is 7.28. The van der Waals surface area contributed by atoms with Crippen molar-refractivity contribution in [1.29, 1.82) is 0 Å². The fourth-order valence-electron chi connectivity index (χ4n) is 2.60. The Labute approximate surface area is 120 Å². The third kappa shape index (κ3) is 3.80. The monoisotopic (exact) mass is 279 g/mol.